The number of rotatable bonds is 6. The number of aliphatic imine (C=N–C) groups is 1. The van der Waals surface area contributed by atoms with Crippen molar-refractivity contribution in [2.24, 2.45) is 16.5 Å². The van der Waals surface area contributed by atoms with Gasteiger partial charge in [0.15, 0.2) is 0 Å². The van der Waals surface area contributed by atoms with Crippen LogP contribution >= 0.6 is 0 Å². The van der Waals surface area contributed by atoms with Crippen molar-refractivity contribution in [2.75, 3.05) is 6.54 Å². The smallest absolute Gasteiger partial charge is 0.320 e. The SMILES string of the molecule is CC(N)=NC/C=C\CC[C@H](N)C(=O)O. The summed E-state index contributed by atoms with van der Waals surface area (Å²) in [7, 11) is 0. The summed E-state index contributed by atoms with van der Waals surface area (Å²) in [6.07, 6.45) is 4.78. The van der Waals surface area contributed by atoms with Crippen LogP contribution in [0.2, 0.25) is 0 Å². The van der Waals surface area contributed by atoms with Crippen LogP contribution in [0.3, 0.4) is 0 Å². The first-order chi connectivity index (χ1) is 6.54. The first kappa shape index (κ1) is 12.6. The zero-order chi connectivity index (χ0) is 11.0. The molecular weight excluding hydrogens is 182 g/mol. The predicted octanol–water partition coefficient (Wildman–Crippen LogP) is 0.112. The average Bonchev–Trinajstić information content (AvgIpc) is 2.09. The average molecular weight is 199 g/mol. The predicted molar refractivity (Wildman–Crippen MR) is 56.1 cm³/mol. The van der Waals surface area contributed by atoms with Crippen molar-refractivity contribution in [3.05, 3.63) is 12.2 Å². The van der Waals surface area contributed by atoms with Gasteiger partial charge in [0.05, 0.1) is 12.4 Å². The summed E-state index contributed by atoms with van der Waals surface area (Å²) >= 11 is 0. The number of hydrogen-bond acceptors (Lipinski definition) is 3. The quantitative estimate of drug-likeness (QED) is 0.321. The molecule has 0 heterocycles. The molecule has 0 aromatic rings. The van der Waals surface area contributed by atoms with Crippen LogP contribution in [0.25, 0.3) is 0 Å². The molecule has 0 aliphatic rings. The van der Waals surface area contributed by atoms with Gasteiger partial charge in [0, 0.05) is 0 Å². The lowest BCUT2D eigenvalue weighted by molar-refractivity contribution is -0.138. The Morgan fingerprint density at radius 2 is 2.21 bits per heavy atom. The third-order valence-electron chi connectivity index (χ3n) is 1.57. The second kappa shape index (κ2) is 7.08. The highest BCUT2D eigenvalue weighted by molar-refractivity contribution is 5.77. The lowest BCUT2D eigenvalue weighted by Gasteiger charge is -2.01. The molecular formula is C9H17N3O2. The van der Waals surface area contributed by atoms with E-state index in [0.29, 0.717) is 25.2 Å². The molecule has 0 unspecified atom stereocenters. The van der Waals surface area contributed by atoms with Gasteiger partial charge in [-0.3, -0.25) is 9.79 Å². The number of nitrogens with zero attached hydrogens (tertiary/aromatic N) is 1. The Morgan fingerprint density at radius 3 is 2.71 bits per heavy atom. The standard InChI is InChI=1S/C9H17N3O2/c1-7(10)12-6-4-2-3-5-8(11)9(13)14/h2,4,8H,3,5-6,11H2,1H3,(H2,10,12)(H,13,14)/b4-2-/t8-/m0/s1. The van der Waals surface area contributed by atoms with Crippen molar-refractivity contribution in [2.45, 2.75) is 25.8 Å². The molecule has 0 spiro atoms. The van der Waals surface area contributed by atoms with Crippen LogP contribution in [-0.4, -0.2) is 29.5 Å². The van der Waals surface area contributed by atoms with Crippen molar-refractivity contribution in [1.29, 1.82) is 0 Å². The molecule has 1 atom stereocenters. The van der Waals surface area contributed by atoms with Gasteiger partial charge in [-0.15, -0.1) is 0 Å². The van der Waals surface area contributed by atoms with Crippen LogP contribution in [0.15, 0.2) is 17.1 Å². The minimum Gasteiger partial charge on any atom is -0.480 e. The Kier molecular flexibility index (Phi) is 6.39. The zero-order valence-electron chi connectivity index (χ0n) is 8.31. The van der Waals surface area contributed by atoms with Crippen molar-refractivity contribution in [3.8, 4) is 0 Å². The summed E-state index contributed by atoms with van der Waals surface area (Å²) in [5.74, 6) is -0.425. The maximum atomic E-state index is 10.3. The van der Waals surface area contributed by atoms with E-state index in [9.17, 15) is 4.79 Å². The van der Waals surface area contributed by atoms with Crippen molar-refractivity contribution in [1.82, 2.24) is 0 Å². The fourth-order valence-electron chi connectivity index (χ4n) is 0.788. The van der Waals surface area contributed by atoms with E-state index >= 15 is 0 Å². The highest BCUT2D eigenvalue weighted by Crippen LogP contribution is 1.95. The third kappa shape index (κ3) is 7.30. The van der Waals surface area contributed by atoms with E-state index in [1.54, 1.807) is 6.92 Å². The minimum absolute atomic E-state index is 0.442. The van der Waals surface area contributed by atoms with Gasteiger partial charge in [0.2, 0.25) is 0 Å². The minimum atomic E-state index is -0.964. The summed E-state index contributed by atoms with van der Waals surface area (Å²) in [6.45, 7) is 2.25. The van der Waals surface area contributed by atoms with Gasteiger partial charge in [-0.1, -0.05) is 12.2 Å². The van der Waals surface area contributed by atoms with Crippen molar-refractivity contribution in [3.63, 3.8) is 0 Å². The number of allylic oxidation sites excluding steroid dienone is 1. The van der Waals surface area contributed by atoms with E-state index in [0.717, 1.165) is 0 Å². The molecule has 0 rings (SSSR count). The van der Waals surface area contributed by atoms with E-state index < -0.39 is 12.0 Å². The highest BCUT2D eigenvalue weighted by atomic mass is 16.4. The molecule has 5 nitrogen and oxygen atoms in total. The van der Waals surface area contributed by atoms with Gasteiger partial charge in [0.25, 0.3) is 0 Å². The molecule has 0 aromatic heterocycles. The Hall–Kier alpha value is -1.36. The Balaban J connectivity index is 3.54. The van der Waals surface area contributed by atoms with Crippen LogP contribution in [-0.2, 0) is 4.79 Å². The van der Waals surface area contributed by atoms with Crippen molar-refractivity contribution < 1.29 is 9.90 Å². The number of aliphatic carboxylic acids is 1. The van der Waals surface area contributed by atoms with Crippen LogP contribution in [0.5, 0.6) is 0 Å². The van der Waals surface area contributed by atoms with Crippen molar-refractivity contribution >= 4 is 11.8 Å². The number of amidine groups is 1. The van der Waals surface area contributed by atoms with Gasteiger partial charge in [-0.05, 0) is 19.8 Å². The molecule has 5 heteroatoms. The van der Waals surface area contributed by atoms with Gasteiger partial charge in [-0.25, -0.2) is 0 Å². The van der Waals surface area contributed by atoms with Gasteiger partial charge >= 0.3 is 5.97 Å². The molecule has 0 aliphatic carbocycles. The monoisotopic (exact) mass is 199 g/mol. The Bertz CT molecular complexity index is 232. The maximum absolute atomic E-state index is 10.3. The number of carbonyl (C=O) groups is 1. The summed E-state index contributed by atoms with van der Waals surface area (Å²) in [5.41, 5.74) is 10.6. The molecule has 0 fully saturated rings. The van der Waals surface area contributed by atoms with Gasteiger partial charge in [0.1, 0.15) is 6.04 Å². The van der Waals surface area contributed by atoms with E-state index in [2.05, 4.69) is 4.99 Å². The van der Waals surface area contributed by atoms with E-state index in [1.807, 2.05) is 12.2 Å². The number of carboxylic acids is 1. The first-order valence-electron chi connectivity index (χ1n) is 4.44. The molecule has 0 radical (unpaired) electrons. The van der Waals surface area contributed by atoms with E-state index in [4.69, 9.17) is 16.6 Å². The Labute approximate surface area is 83.5 Å². The lowest BCUT2D eigenvalue weighted by Crippen LogP contribution is -2.29. The number of carboxylic acid groups (broad SMARTS) is 1. The molecule has 14 heavy (non-hydrogen) atoms. The maximum Gasteiger partial charge on any atom is 0.320 e. The third-order valence-corrected chi connectivity index (χ3v) is 1.57. The van der Waals surface area contributed by atoms with E-state index in [1.165, 1.54) is 0 Å². The molecule has 0 bridgehead atoms. The second-order valence-electron chi connectivity index (χ2n) is 2.98. The molecule has 0 aliphatic heterocycles. The number of hydrogen-bond donors (Lipinski definition) is 3. The normalized spacial score (nSPS) is 14.6. The number of nitrogens with two attached hydrogens (primary N) is 2. The topological polar surface area (TPSA) is 102 Å². The van der Waals surface area contributed by atoms with E-state index in [-0.39, 0.29) is 0 Å². The highest BCUT2D eigenvalue weighted by Gasteiger charge is 2.08. The summed E-state index contributed by atoms with van der Waals surface area (Å²) in [4.78, 5) is 14.3. The molecule has 0 saturated carbocycles. The summed E-state index contributed by atoms with van der Waals surface area (Å²) in [5, 5.41) is 8.47. The molecule has 0 amide bonds. The van der Waals surface area contributed by atoms with Gasteiger partial charge in [-0.2, -0.15) is 0 Å². The van der Waals surface area contributed by atoms with Crippen LogP contribution in [0.1, 0.15) is 19.8 Å². The second-order valence-corrected chi connectivity index (χ2v) is 2.98. The van der Waals surface area contributed by atoms with Crippen LogP contribution < -0.4 is 11.5 Å². The fraction of sp³-hybridized carbons (Fsp3) is 0.556. The molecule has 80 valence electrons. The molecule has 0 aromatic carbocycles. The molecule has 5 N–H and O–H groups in total. The molecule has 0 saturated heterocycles. The van der Waals surface area contributed by atoms with Crippen LogP contribution in [0, 0.1) is 0 Å². The van der Waals surface area contributed by atoms with Gasteiger partial charge < -0.3 is 16.6 Å². The summed E-state index contributed by atoms with van der Waals surface area (Å²) in [6, 6.07) is -0.778. The summed E-state index contributed by atoms with van der Waals surface area (Å²) < 4.78 is 0. The first-order valence-corrected chi connectivity index (χ1v) is 4.44. The zero-order valence-corrected chi connectivity index (χ0v) is 8.31. The lowest BCUT2D eigenvalue weighted by atomic mass is 10.1. The fourth-order valence-corrected chi connectivity index (χ4v) is 0.788. The Morgan fingerprint density at radius 1 is 1.57 bits per heavy atom. The van der Waals surface area contributed by atoms with Crippen LogP contribution in [0.4, 0.5) is 0 Å². The largest absolute Gasteiger partial charge is 0.480 e.